The van der Waals surface area contributed by atoms with E-state index in [-0.39, 0.29) is 12.3 Å². The van der Waals surface area contributed by atoms with Crippen LogP contribution >= 0.6 is 0 Å². The van der Waals surface area contributed by atoms with Crippen molar-refractivity contribution in [2.45, 2.75) is 0 Å². The van der Waals surface area contributed by atoms with Crippen molar-refractivity contribution in [2.24, 2.45) is 5.10 Å². The molecule has 2 aromatic carbocycles. The van der Waals surface area contributed by atoms with Crippen LogP contribution in [0.1, 0.15) is 15.9 Å². The zero-order valence-electron chi connectivity index (χ0n) is 14.4. The normalized spacial score (nSPS) is 10.4. The molecule has 0 spiro atoms. The minimum atomic E-state index is -0.509. The van der Waals surface area contributed by atoms with Crippen molar-refractivity contribution < 1.29 is 24.2 Å². The lowest BCUT2D eigenvalue weighted by Crippen LogP contribution is -2.34. The summed E-state index contributed by atoms with van der Waals surface area (Å²) in [7, 11) is 2.97. The number of phenols is 1. The molecule has 0 atom stereocenters. The van der Waals surface area contributed by atoms with Crippen LogP contribution < -0.4 is 20.2 Å². The Morgan fingerprint density at radius 2 is 1.85 bits per heavy atom. The van der Waals surface area contributed by atoms with E-state index in [1.54, 1.807) is 30.3 Å². The highest BCUT2D eigenvalue weighted by Gasteiger charge is 2.11. The molecular formula is C18H19N3O5. The Morgan fingerprint density at radius 1 is 1.12 bits per heavy atom. The Labute approximate surface area is 150 Å². The highest BCUT2D eigenvalue weighted by atomic mass is 16.5. The molecule has 2 aromatic rings. The topological polar surface area (TPSA) is 109 Å². The van der Waals surface area contributed by atoms with E-state index in [1.165, 1.54) is 32.6 Å². The number of carbonyl (C=O) groups is 2. The summed E-state index contributed by atoms with van der Waals surface area (Å²) in [6.07, 6.45) is 1.31. The lowest BCUT2D eigenvalue weighted by atomic mass is 10.2. The van der Waals surface area contributed by atoms with Crippen molar-refractivity contribution >= 4 is 18.0 Å². The average molecular weight is 357 g/mol. The fourth-order valence-electron chi connectivity index (χ4n) is 2.05. The fraction of sp³-hybridized carbons (Fsp3) is 0.167. The SMILES string of the molecule is COc1ccc(C(=O)NCC(=O)N/N=C\c2ccccc2O)cc1OC. The van der Waals surface area contributed by atoms with Gasteiger partial charge in [0.25, 0.3) is 11.8 Å². The molecule has 0 unspecified atom stereocenters. The quantitative estimate of drug-likeness (QED) is 0.511. The second-order valence-corrected chi connectivity index (χ2v) is 5.10. The van der Waals surface area contributed by atoms with Gasteiger partial charge in [0.1, 0.15) is 5.75 Å². The number of nitrogens with zero attached hydrogens (tertiary/aromatic N) is 1. The lowest BCUT2D eigenvalue weighted by molar-refractivity contribution is -0.120. The molecule has 0 fully saturated rings. The van der Waals surface area contributed by atoms with Crippen LogP contribution in [0.25, 0.3) is 0 Å². The van der Waals surface area contributed by atoms with E-state index < -0.39 is 11.8 Å². The summed E-state index contributed by atoms with van der Waals surface area (Å²) >= 11 is 0. The molecule has 2 amide bonds. The molecule has 0 saturated heterocycles. The van der Waals surface area contributed by atoms with Crippen LogP contribution in [0.15, 0.2) is 47.6 Å². The van der Waals surface area contributed by atoms with Crippen LogP contribution in [0.2, 0.25) is 0 Å². The Kier molecular flexibility index (Phi) is 6.55. The molecule has 8 heteroatoms. The smallest absolute Gasteiger partial charge is 0.259 e. The van der Waals surface area contributed by atoms with Crippen LogP contribution in [0.3, 0.4) is 0 Å². The Morgan fingerprint density at radius 3 is 2.54 bits per heavy atom. The van der Waals surface area contributed by atoms with Crippen molar-refractivity contribution in [1.82, 2.24) is 10.7 Å². The maximum atomic E-state index is 12.1. The lowest BCUT2D eigenvalue weighted by Gasteiger charge is -2.09. The molecule has 0 saturated carbocycles. The Bertz CT molecular complexity index is 820. The first kappa shape index (κ1) is 18.8. The molecule has 8 nitrogen and oxygen atoms in total. The molecular weight excluding hydrogens is 338 g/mol. The Hall–Kier alpha value is -3.55. The molecule has 0 aliphatic rings. The van der Waals surface area contributed by atoms with Gasteiger partial charge in [0.2, 0.25) is 0 Å². The number of hydrogen-bond donors (Lipinski definition) is 3. The third-order valence-electron chi connectivity index (χ3n) is 3.38. The van der Waals surface area contributed by atoms with Crippen molar-refractivity contribution in [2.75, 3.05) is 20.8 Å². The zero-order valence-corrected chi connectivity index (χ0v) is 14.4. The van der Waals surface area contributed by atoms with Crippen LogP contribution in [0, 0.1) is 0 Å². The van der Waals surface area contributed by atoms with Gasteiger partial charge in [-0.25, -0.2) is 5.43 Å². The minimum absolute atomic E-state index is 0.0484. The van der Waals surface area contributed by atoms with E-state index in [0.29, 0.717) is 22.6 Å². The number of amides is 2. The van der Waals surface area contributed by atoms with E-state index in [0.717, 1.165) is 0 Å². The number of benzene rings is 2. The minimum Gasteiger partial charge on any atom is -0.507 e. The monoisotopic (exact) mass is 357 g/mol. The molecule has 136 valence electrons. The fourth-order valence-corrected chi connectivity index (χ4v) is 2.05. The van der Waals surface area contributed by atoms with Crippen molar-refractivity contribution in [1.29, 1.82) is 0 Å². The number of aromatic hydroxyl groups is 1. The van der Waals surface area contributed by atoms with Gasteiger partial charge in [-0.15, -0.1) is 0 Å². The number of carbonyl (C=O) groups excluding carboxylic acids is 2. The second kappa shape index (κ2) is 9.07. The number of hydrazone groups is 1. The van der Waals surface area contributed by atoms with E-state index in [1.807, 2.05) is 0 Å². The van der Waals surface area contributed by atoms with Gasteiger partial charge in [-0.3, -0.25) is 9.59 Å². The van der Waals surface area contributed by atoms with Crippen LogP contribution in [0.4, 0.5) is 0 Å². The predicted molar refractivity (Wildman–Crippen MR) is 95.7 cm³/mol. The maximum absolute atomic E-state index is 12.1. The number of methoxy groups -OCH3 is 2. The summed E-state index contributed by atoms with van der Waals surface area (Å²) in [5.41, 5.74) is 3.05. The molecule has 0 heterocycles. The van der Waals surface area contributed by atoms with Gasteiger partial charge >= 0.3 is 0 Å². The molecule has 26 heavy (non-hydrogen) atoms. The van der Waals surface area contributed by atoms with Gasteiger partial charge in [-0.05, 0) is 30.3 Å². The standard InChI is InChI=1S/C18H19N3O5/c1-25-15-8-7-12(9-16(15)26-2)18(24)19-11-17(23)21-20-10-13-5-3-4-6-14(13)22/h3-10,22H,11H2,1-2H3,(H,19,24)(H,21,23)/b20-10-. The predicted octanol–water partition coefficient (Wildman–Crippen LogP) is 1.29. The van der Waals surface area contributed by atoms with E-state index >= 15 is 0 Å². The first-order chi connectivity index (χ1) is 12.5. The second-order valence-electron chi connectivity index (χ2n) is 5.10. The number of nitrogens with one attached hydrogen (secondary N) is 2. The maximum Gasteiger partial charge on any atom is 0.259 e. The number of para-hydroxylation sites is 1. The summed E-state index contributed by atoms with van der Waals surface area (Å²) in [4.78, 5) is 23.8. The van der Waals surface area contributed by atoms with Crippen LogP contribution in [-0.4, -0.2) is 43.9 Å². The average Bonchev–Trinajstić information content (AvgIpc) is 2.67. The molecule has 0 aliphatic carbocycles. The van der Waals surface area contributed by atoms with Gasteiger partial charge in [-0.2, -0.15) is 5.10 Å². The summed E-state index contributed by atoms with van der Waals surface area (Å²) < 4.78 is 10.2. The van der Waals surface area contributed by atoms with E-state index in [4.69, 9.17) is 9.47 Å². The highest BCUT2D eigenvalue weighted by Crippen LogP contribution is 2.27. The molecule has 0 aliphatic heterocycles. The molecule has 0 radical (unpaired) electrons. The van der Waals surface area contributed by atoms with Crippen LogP contribution in [-0.2, 0) is 4.79 Å². The van der Waals surface area contributed by atoms with Gasteiger partial charge in [0.15, 0.2) is 11.5 Å². The van der Waals surface area contributed by atoms with Crippen molar-refractivity contribution in [3.8, 4) is 17.2 Å². The summed E-state index contributed by atoms with van der Waals surface area (Å²) in [5, 5.41) is 15.8. The third kappa shape index (κ3) is 4.97. The number of phenolic OH excluding ortho intramolecular Hbond substituents is 1. The third-order valence-corrected chi connectivity index (χ3v) is 3.38. The first-order valence-corrected chi connectivity index (χ1v) is 7.65. The number of ether oxygens (including phenoxy) is 2. The Balaban J connectivity index is 1.87. The number of rotatable bonds is 7. The van der Waals surface area contributed by atoms with E-state index in [2.05, 4.69) is 15.8 Å². The highest BCUT2D eigenvalue weighted by molar-refractivity contribution is 5.97. The molecule has 2 rings (SSSR count). The first-order valence-electron chi connectivity index (χ1n) is 7.65. The summed E-state index contributed by atoms with van der Waals surface area (Å²) in [6, 6.07) is 11.2. The van der Waals surface area contributed by atoms with Crippen molar-refractivity contribution in [3.05, 3.63) is 53.6 Å². The molecule has 0 bridgehead atoms. The summed E-state index contributed by atoms with van der Waals surface area (Å²) in [6.45, 7) is -0.259. The molecule has 3 N–H and O–H groups in total. The van der Waals surface area contributed by atoms with Gasteiger partial charge < -0.3 is 19.9 Å². The van der Waals surface area contributed by atoms with E-state index in [9.17, 15) is 14.7 Å². The van der Waals surface area contributed by atoms with Crippen molar-refractivity contribution in [3.63, 3.8) is 0 Å². The zero-order chi connectivity index (χ0) is 18.9. The largest absolute Gasteiger partial charge is 0.507 e. The van der Waals surface area contributed by atoms with Gasteiger partial charge in [0.05, 0.1) is 27.0 Å². The van der Waals surface area contributed by atoms with Gasteiger partial charge in [-0.1, -0.05) is 12.1 Å². The van der Waals surface area contributed by atoms with Crippen LogP contribution in [0.5, 0.6) is 17.2 Å². The molecule has 0 aromatic heterocycles. The summed E-state index contributed by atoms with van der Waals surface area (Å²) in [5.74, 6) is 0.0145. The van der Waals surface area contributed by atoms with Gasteiger partial charge in [0, 0.05) is 11.1 Å². The number of hydrogen-bond acceptors (Lipinski definition) is 6.